The molecule has 1 heterocycles. The van der Waals surface area contributed by atoms with Crippen molar-refractivity contribution in [1.29, 1.82) is 0 Å². The largest absolute Gasteiger partial charge is 0.375 e. The Morgan fingerprint density at radius 1 is 1.29 bits per heavy atom. The van der Waals surface area contributed by atoms with E-state index in [1.165, 1.54) is 6.07 Å². The predicted molar refractivity (Wildman–Crippen MR) is 100.0 cm³/mol. The Morgan fingerprint density at radius 2 is 2.08 bits per heavy atom. The van der Waals surface area contributed by atoms with E-state index in [1.54, 1.807) is 18.3 Å². The molecule has 2 aromatic carbocycles. The Labute approximate surface area is 148 Å². The van der Waals surface area contributed by atoms with Gasteiger partial charge in [-0.1, -0.05) is 35.9 Å². The van der Waals surface area contributed by atoms with Gasteiger partial charge in [0.15, 0.2) is 5.11 Å². The number of benzene rings is 2. The van der Waals surface area contributed by atoms with E-state index < -0.39 is 0 Å². The van der Waals surface area contributed by atoms with E-state index in [-0.39, 0.29) is 10.9 Å². The lowest BCUT2D eigenvalue weighted by Crippen LogP contribution is -2.23. The van der Waals surface area contributed by atoms with Gasteiger partial charge in [-0.25, -0.2) is 4.39 Å². The SMILES string of the molecule is NC(=S)N/N=C/c1cn(Cc2c(F)cccc2Cl)c2ccccc12. The van der Waals surface area contributed by atoms with Crippen LogP contribution in [-0.2, 0) is 6.54 Å². The van der Waals surface area contributed by atoms with Crippen molar-refractivity contribution in [3.63, 3.8) is 0 Å². The van der Waals surface area contributed by atoms with Gasteiger partial charge in [-0.15, -0.1) is 0 Å². The number of nitrogens with two attached hydrogens (primary N) is 1. The minimum Gasteiger partial charge on any atom is -0.375 e. The van der Waals surface area contributed by atoms with E-state index in [9.17, 15) is 4.39 Å². The molecule has 0 atom stereocenters. The summed E-state index contributed by atoms with van der Waals surface area (Å²) in [5.41, 5.74) is 10.1. The van der Waals surface area contributed by atoms with Crippen molar-refractivity contribution in [2.24, 2.45) is 10.8 Å². The molecule has 122 valence electrons. The Hall–Kier alpha value is -2.44. The fraction of sp³-hybridized carbons (Fsp3) is 0.0588. The van der Waals surface area contributed by atoms with Crippen molar-refractivity contribution in [2.45, 2.75) is 6.54 Å². The fourth-order valence-corrected chi connectivity index (χ4v) is 2.80. The topological polar surface area (TPSA) is 55.3 Å². The van der Waals surface area contributed by atoms with Crippen molar-refractivity contribution in [2.75, 3.05) is 0 Å². The van der Waals surface area contributed by atoms with E-state index in [2.05, 4.69) is 10.5 Å². The molecule has 24 heavy (non-hydrogen) atoms. The molecule has 3 rings (SSSR count). The molecular formula is C17H14ClFN4S. The van der Waals surface area contributed by atoms with Crippen LogP contribution in [0, 0.1) is 5.82 Å². The minimum atomic E-state index is -0.328. The zero-order valence-electron chi connectivity index (χ0n) is 12.5. The number of nitrogens with zero attached hydrogens (tertiary/aromatic N) is 2. The van der Waals surface area contributed by atoms with Gasteiger partial charge in [0, 0.05) is 33.2 Å². The molecule has 0 unspecified atom stereocenters. The number of rotatable bonds is 4. The smallest absolute Gasteiger partial charge is 0.184 e. The third kappa shape index (κ3) is 3.39. The first kappa shape index (κ1) is 16.4. The van der Waals surface area contributed by atoms with Crippen LogP contribution in [0.15, 0.2) is 53.8 Å². The highest BCUT2D eigenvalue weighted by Gasteiger charge is 2.11. The lowest BCUT2D eigenvalue weighted by Gasteiger charge is -2.08. The number of thiocarbonyl (C=S) groups is 1. The first-order valence-corrected chi connectivity index (χ1v) is 7.94. The van der Waals surface area contributed by atoms with Gasteiger partial charge in [0.25, 0.3) is 0 Å². The molecule has 0 bridgehead atoms. The van der Waals surface area contributed by atoms with Crippen LogP contribution < -0.4 is 11.2 Å². The Balaban J connectivity index is 2.02. The Morgan fingerprint density at radius 3 is 2.83 bits per heavy atom. The second kappa shape index (κ2) is 6.98. The highest BCUT2D eigenvalue weighted by atomic mass is 35.5. The van der Waals surface area contributed by atoms with Gasteiger partial charge in [-0.3, -0.25) is 5.43 Å². The van der Waals surface area contributed by atoms with Crippen molar-refractivity contribution < 1.29 is 4.39 Å². The van der Waals surface area contributed by atoms with Crippen molar-refractivity contribution in [3.8, 4) is 0 Å². The third-order valence-corrected chi connectivity index (χ3v) is 4.03. The van der Waals surface area contributed by atoms with Crippen LogP contribution in [0.5, 0.6) is 0 Å². The van der Waals surface area contributed by atoms with E-state index in [4.69, 9.17) is 29.6 Å². The first-order valence-electron chi connectivity index (χ1n) is 7.15. The van der Waals surface area contributed by atoms with E-state index in [1.807, 2.05) is 35.0 Å². The molecule has 0 aliphatic carbocycles. The summed E-state index contributed by atoms with van der Waals surface area (Å²) in [5, 5.41) is 5.47. The average molecular weight is 361 g/mol. The normalized spacial score (nSPS) is 11.2. The second-order valence-electron chi connectivity index (χ2n) is 5.16. The summed E-state index contributed by atoms with van der Waals surface area (Å²) in [4.78, 5) is 0. The molecule has 3 aromatic rings. The van der Waals surface area contributed by atoms with Crippen molar-refractivity contribution in [1.82, 2.24) is 9.99 Å². The molecule has 7 heteroatoms. The molecule has 0 spiro atoms. The van der Waals surface area contributed by atoms with E-state index in [0.29, 0.717) is 17.1 Å². The lowest BCUT2D eigenvalue weighted by molar-refractivity contribution is 0.602. The van der Waals surface area contributed by atoms with E-state index in [0.717, 1.165) is 16.5 Å². The summed E-state index contributed by atoms with van der Waals surface area (Å²) in [5.74, 6) is -0.328. The number of halogens is 2. The van der Waals surface area contributed by atoms with Gasteiger partial charge >= 0.3 is 0 Å². The summed E-state index contributed by atoms with van der Waals surface area (Å²) < 4.78 is 16.0. The third-order valence-electron chi connectivity index (χ3n) is 3.59. The molecule has 0 amide bonds. The summed E-state index contributed by atoms with van der Waals surface area (Å²) in [6.07, 6.45) is 3.51. The van der Waals surface area contributed by atoms with Gasteiger partial charge in [-0.05, 0) is 30.4 Å². The zero-order chi connectivity index (χ0) is 17.1. The molecule has 0 saturated carbocycles. The predicted octanol–water partition coefficient (Wildman–Crippen LogP) is 3.65. The van der Waals surface area contributed by atoms with Crippen molar-refractivity contribution in [3.05, 3.63) is 70.6 Å². The summed E-state index contributed by atoms with van der Waals surface area (Å²) in [6, 6.07) is 12.5. The maximum atomic E-state index is 14.1. The average Bonchev–Trinajstić information content (AvgIpc) is 2.89. The molecule has 0 saturated heterocycles. The summed E-state index contributed by atoms with van der Waals surface area (Å²) in [6.45, 7) is 0.322. The number of nitrogens with one attached hydrogen (secondary N) is 1. The maximum absolute atomic E-state index is 14.1. The maximum Gasteiger partial charge on any atom is 0.184 e. The van der Waals surface area contributed by atoms with Crippen molar-refractivity contribution >= 4 is 46.0 Å². The molecule has 0 aliphatic rings. The quantitative estimate of drug-likeness (QED) is 0.424. The lowest BCUT2D eigenvalue weighted by atomic mass is 10.2. The van der Waals surface area contributed by atoms with Crippen LogP contribution in [-0.4, -0.2) is 15.9 Å². The highest BCUT2D eigenvalue weighted by molar-refractivity contribution is 7.80. The number of aromatic nitrogens is 1. The van der Waals surface area contributed by atoms with Gasteiger partial charge in [0.1, 0.15) is 5.82 Å². The standard InChI is InChI=1S/C17H14ClFN4S/c18-14-5-3-6-15(19)13(14)10-23-9-11(8-21-22-17(20)24)12-4-1-2-7-16(12)23/h1-9H,10H2,(H3,20,22,24)/b21-8+. The number of hydrogen-bond acceptors (Lipinski definition) is 2. The number of hydrazone groups is 1. The van der Waals surface area contributed by atoms with Gasteiger partial charge in [0.05, 0.1) is 12.8 Å². The number of fused-ring (bicyclic) bond motifs is 1. The zero-order valence-corrected chi connectivity index (χ0v) is 14.1. The molecule has 1 aromatic heterocycles. The highest BCUT2D eigenvalue weighted by Crippen LogP contribution is 2.25. The molecule has 0 aliphatic heterocycles. The first-order chi connectivity index (χ1) is 11.6. The number of para-hydroxylation sites is 1. The molecule has 0 fully saturated rings. The summed E-state index contributed by atoms with van der Waals surface area (Å²) >= 11 is 10.9. The van der Waals surface area contributed by atoms with Gasteiger partial charge < -0.3 is 10.3 Å². The van der Waals surface area contributed by atoms with Crippen LogP contribution in [0.25, 0.3) is 10.9 Å². The molecule has 3 N–H and O–H groups in total. The van der Waals surface area contributed by atoms with Gasteiger partial charge in [0.2, 0.25) is 0 Å². The second-order valence-corrected chi connectivity index (χ2v) is 6.01. The Bertz CT molecular complexity index is 915. The van der Waals surface area contributed by atoms with Crippen LogP contribution in [0.2, 0.25) is 5.02 Å². The van der Waals surface area contributed by atoms with Crippen LogP contribution >= 0.6 is 23.8 Å². The monoisotopic (exact) mass is 360 g/mol. The van der Waals surface area contributed by atoms with Crippen LogP contribution in [0.4, 0.5) is 4.39 Å². The molecular weight excluding hydrogens is 347 g/mol. The minimum absolute atomic E-state index is 0.0909. The Kier molecular flexibility index (Phi) is 4.78. The number of hydrogen-bond donors (Lipinski definition) is 2. The van der Waals surface area contributed by atoms with Gasteiger partial charge in [-0.2, -0.15) is 5.10 Å². The summed E-state index contributed by atoms with van der Waals surface area (Å²) in [7, 11) is 0. The van der Waals surface area contributed by atoms with Crippen LogP contribution in [0.3, 0.4) is 0 Å². The molecule has 0 radical (unpaired) electrons. The van der Waals surface area contributed by atoms with Crippen LogP contribution in [0.1, 0.15) is 11.1 Å². The fourth-order valence-electron chi connectivity index (χ4n) is 2.53. The van der Waals surface area contributed by atoms with E-state index >= 15 is 0 Å². The molecule has 4 nitrogen and oxygen atoms in total.